The van der Waals surface area contributed by atoms with Crippen LogP contribution in [0.15, 0.2) is 0 Å². The Hall–Kier alpha value is -0.750. The molecule has 2 N–H and O–H groups in total. The molecule has 0 saturated carbocycles. The number of nitrogens with one attached hydrogen (secondary N) is 1. The van der Waals surface area contributed by atoms with Gasteiger partial charge in [-0.2, -0.15) is 0 Å². The van der Waals surface area contributed by atoms with E-state index in [0.29, 0.717) is 12.5 Å². The first-order valence-corrected chi connectivity index (χ1v) is 8.36. The van der Waals surface area contributed by atoms with Gasteiger partial charge in [0.1, 0.15) is 0 Å². The number of carbonyl (C=O) groups excluding carboxylic acids is 1. The molecule has 0 aromatic heterocycles. The molecule has 0 spiro atoms. The fourth-order valence-corrected chi connectivity index (χ4v) is 4.36. The number of carboxylic acids is 1. The molecular formula is C14H24N2O3S. The Balaban J connectivity index is 1.83. The highest BCUT2D eigenvalue weighted by Gasteiger charge is 2.41. The van der Waals surface area contributed by atoms with Crippen molar-refractivity contribution in [2.45, 2.75) is 37.4 Å². The van der Waals surface area contributed by atoms with Gasteiger partial charge in [0.25, 0.3) is 0 Å². The van der Waals surface area contributed by atoms with Crippen LogP contribution in [0, 0.1) is 5.92 Å². The van der Waals surface area contributed by atoms with Gasteiger partial charge < -0.3 is 15.3 Å². The third-order valence-electron chi connectivity index (χ3n) is 4.19. The molecule has 2 saturated heterocycles. The van der Waals surface area contributed by atoms with E-state index in [1.54, 1.807) is 11.8 Å². The Bertz CT molecular complexity index is 369. The second-order valence-corrected chi connectivity index (χ2v) is 7.56. The van der Waals surface area contributed by atoms with Gasteiger partial charge in [0, 0.05) is 19.6 Å². The third-order valence-corrected chi connectivity index (χ3v) is 5.70. The Labute approximate surface area is 124 Å². The molecule has 2 fully saturated rings. The Morgan fingerprint density at radius 1 is 1.45 bits per heavy atom. The second-order valence-electron chi connectivity index (χ2n) is 5.97. The van der Waals surface area contributed by atoms with Gasteiger partial charge >= 0.3 is 5.97 Å². The van der Waals surface area contributed by atoms with Crippen molar-refractivity contribution < 1.29 is 14.7 Å². The van der Waals surface area contributed by atoms with E-state index in [-0.39, 0.29) is 17.2 Å². The summed E-state index contributed by atoms with van der Waals surface area (Å²) >= 11 is 1.78. The smallest absolute Gasteiger partial charge is 0.317 e. The molecule has 6 heteroatoms. The first-order valence-electron chi connectivity index (χ1n) is 7.37. The van der Waals surface area contributed by atoms with Crippen molar-refractivity contribution in [1.29, 1.82) is 0 Å². The maximum Gasteiger partial charge on any atom is 0.317 e. The standard InChI is InChI=1S/C14H24N2O3S/c1-14(5-3-7-20-14)13(19)16-6-2-4-11(10-16)8-15-9-12(17)18/h11,15H,2-10H2,1H3,(H,17,18). The SMILES string of the molecule is CC1(C(=O)N2CCCC(CNCC(=O)O)C2)CCCS1. The van der Waals surface area contributed by atoms with Crippen molar-refractivity contribution in [2.24, 2.45) is 5.92 Å². The first-order chi connectivity index (χ1) is 9.51. The monoisotopic (exact) mass is 300 g/mol. The van der Waals surface area contributed by atoms with Crippen molar-refractivity contribution >= 4 is 23.6 Å². The maximum atomic E-state index is 12.6. The molecule has 0 aromatic carbocycles. The molecule has 2 atom stereocenters. The number of hydrogen-bond acceptors (Lipinski definition) is 4. The number of carboxylic acid groups (broad SMARTS) is 1. The average Bonchev–Trinajstić information content (AvgIpc) is 2.86. The lowest BCUT2D eigenvalue weighted by atomic mass is 9.95. The third kappa shape index (κ3) is 3.88. The minimum absolute atomic E-state index is 0.00197. The summed E-state index contributed by atoms with van der Waals surface area (Å²) in [5, 5.41) is 11.6. The van der Waals surface area contributed by atoms with Gasteiger partial charge in [-0.3, -0.25) is 9.59 Å². The average molecular weight is 300 g/mol. The predicted octanol–water partition coefficient (Wildman–Crippen LogP) is 1.18. The highest BCUT2D eigenvalue weighted by molar-refractivity contribution is 8.01. The lowest BCUT2D eigenvalue weighted by Crippen LogP contribution is -2.49. The minimum Gasteiger partial charge on any atom is -0.480 e. The van der Waals surface area contributed by atoms with Crippen LogP contribution in [0.25, 0.3) is 0 Å². The fraction of sp³-hybridized carbons (Fsp3) is 0.857. The summed E-state index contributed by atoms with van der Waals surface area (Å²) in [4.78, 5) is 25.1. The molecule has 2 rings (SSSR count). The summed E-state index contributed by atoms with van der Waals surface area (Å²) in [5.74, 6) is 0.910. The number of rotatable bonds is 5. The molecular weight excluding hydrogens is 276 g/mol. The molecule has 0 aliphatic carbocycles. The lowest BCUT2D eigenvalue weighted by molar-refractivity contribution is -0.137. The number of amides is 1. The normalized spacial score (nSPS) is 30.4. The van der Waals surface area contributed by atoms with Crippen LogP contribution in [0.2, 0.25) is 0 Å². The van der Waals surface area contributed by atoms with E-state index in [0.717, 1.165) is 44.5 Å². The Morgan fingerprint density at radius 2 is 2.25 bits per heavy atom. The van der Waals surface area contributed by atoms with Crippen LogP contribution < -0.4 is 5.32 Å². The van der Waals surface area contributed by atoms with Gasteiger partial charge in [0.2, 0.25) is 5.91 Å². The van der Waals surface area contributed by atoms with E-state index in [1.807, 2.05) is 4.90 Å². The van der Waals surface area contributed by atoms with Gasteiger partial charge in [-0.1, -0.05) is 0 Å². The topological polar surface area (TPSA) is 69.6 Å². The van der Waals surface area contributed by atoms with Crippen molar-refractivity contribution in [2.75, 3.05) is 31.9 Å². The van der Waals surface area contributed by atoms with Crippen molar-refractivity contribution in [3.63, 3.8) is 0 Å². The van der Waals surface area contributed by atoms with E-state index in [1.165, 1.54) is 0 Å². The van der Waals surface area contributed by atoms with E-state index < -0.39 is 5.97 Å². The highest BCUT2D eigenvalue weighted by atomic mass is 32.2. The number of hydrogen-bond donors (Lipinski definition) is 2. The predicted molar refractivity (Wildman–Crippen MR) is 79.9 cm³/mol. The van der Waals surface area contributed by atoms with Crippen LogP contribution >= 0.6 is 11.8 Å². The van der Waals surface area contributed by atoms with E-state index in [4.69, 9.17) is 5.11 Å². The van der Waals surface area contributed by atoms with Gasteiger partial charge in [0.15, 0.2) is 0 Å². The summed E-state index contributed by atoms with van der Waals surface area (Å²) in [6, 6.07) is 0. The summed E-state index contributed by atoms with van der Waals surface area (Å²) < 4.78 is -0.226. The second kappa shape index (κ2) is 6.80. The zero-order valence-electron chi connectivity index (χ0n) is 12.1. The zero-order chi connectivity index (χ0) is 14.6. The molecule has 1 amide bonds. The van der Waals surface area contributed by atoms with Gasteiger partial charge in [-0.05, 0) is 44.3 Å². The number of piperidine rings is 1. The number of likely N-dealkylation sites (tertiary alicyclic amines) is 1. The number of aliphatic carboxylic acids is 1. The molecule has 2 aliphatic rings. The number of carbonyl (C=O) groups is 2. The largest absolute Gasteiger partial charge is 0.480 e. The molecule has 0 radical (unpaired) electrons. The molecule has 2 unspecified atom stereocenters. The Kier molecular flexibility index (Phi) is 5.32. The Morgan fingerprint density at radius 3 is 2.90 bits per heavy atom. The van der Waals surface area contributed by atoms with Crippen LogP contribution in [-0.4, -0.2) is 58.6 Å². The molecule has 0 bridgehead atoms. The molecule has 20 heavy (non-hydrogen) atoms. The van der Waals surface area contributed by atoms with Crippen LogP contribution in [0.3, 0.4) is 0 Å². The maximum absolute atomic E-state index is 12.6. The molecule has 0 aromatic rings. The quantitative estimate of drug-likeness (QED) is 0.798. The van der Waals surface area contributed by atoms with Crippen LogP contribution in [0.1, 0.15) is 32.6 Å². The number of thioether (sulfide) groups is 1. The van der Waals surface area contributed by atoms with Gasteiger partial charge in [-0.15, -0.1) is 11.8 Å². The van der Waals surface area contributed by atoms with Crippen molar-refractivity contribution in [3.8, 4) is 0 Å². The van der Waals surface area contributed by atoms with Crippen LogP contribution in [0.4, 0.5) is 0 Å². The van der Waals surface area contributed by atoms with E-state index in [9.17, 15) is 9.59 Å². The summed E-state index contributed by atoms with van der Waals surface area (Å²) in [5.41, 5.74) is 0. The van der Waals surface area contributed by atoms with E-state index >= 15 is 0 Å². The fourth-order valence-electron chi connectivity index (χ4n) is 3.08. The first kappa shape index (κ1) is 15.6. The van der Waals surface area contributed by atoms with Gasteiger partial charge in [-0.25, -0.2) is 0 Å². The zero-order valence-corrected chi connectivity index (χ0v) is 12.9. The summed E-state index contributed by atoms with van der Waals surface area (Å²) in [6.45, 7) is 4.36. The number of nitrogens with zero attached hydrogens (tertiary/aromatic N) is 1. The molecule has 2 aliphatic heterocycles. The van der Waals surface area contributed by atoms with Crippen LogP contribution in [0.5, 0.6) is 0 Å². The van der Waals surface area contributed by atoms with Gasteiger partial charge in [0.05, 0.1) is 11.3 Å². The summed E-state index contributed by atoms with van der Waals surface area (Å²) in [7, 11) is 0. The minimum atomic E-state index is -0.830. The molecule has 5 nitrogen and oxygen atoms in total. The molecule has 2 heterocycles. The highest BCUT2D eigenvalue weighted by Crippen LogP contribution is 2.39. The van der Waals surface area contributed by atoms with Crippen molar-refractivity contribution in [1.82, 2.24) is 10.2 Å². The van der Waals surface area contributed by atoms with Crippen molar-refractivity contribution in [3.05, 3.63) is 0 Å². The summed E-state index contributed by atoms with van der Waals surface area (Å²) in [6.07, 6.45) is 4.20. The van der Waals surface area contributed by atoms with E-state index in [2.05, 4.69) is 12.2 Å². The lowest BCUT2D eigenvalue weighted by Gasteiger charge is -2.37. The van der Waals surface area contributed by atoms with Crippen LogP contribution in [-0.2, 0) is 9.59 Å². The molecule has 114 valence electrons.